The van der Waals surface area contributed by atoms with Crippen molar-refractivity contribution in [2.45, 2.75) is 38.8 Å². The number of nitro groups is 1. The van der Waals surface area contributed by atoms with Gasteiger partial charge in [0.05, 0.1) is 16.7 Å². The summed E-state index contributed by atoms with van der Waals surface area (Å²) in [4.78, 5) is 25.0. The maximum absolute atomic E-state index is 13.8. The highest BCUT2D eigenvalue weighted by Crippen LogP contribution is 2.45. The molecule has 1 saturated carbocycles. The van der Waals surface area contributed by atoms with Gasteiger partial charge in [-0.25, -0.2) is 5.01 Å². The molecule has 0 spiro atoms. The summed E-state index contributed by atoms with van der Waals surface area (Å²) >= 11 is 6.96. The molecule has 5 rings (SSSR count). The van der Waals surface area contributed by atoms with Crippen LogP contribution in [0.2, 0.25) is 0 Å². The molecule has 36 heavy (non-hydrogen) atoms. The Balaban J connectivity index is 1.60. The Bertz CT molecular complexity index is 1380. The van der Waals surface area contributed by atoms with Crippen molar-refractivity contribution >= 4 is 55.2 Å². The Morgan fingerprint density at radius 3 is 2.44 bits per heavy atom. The van der Waals surface area contributed by atoms with E-state index in [-0.39, 0.29) is 23.3 Å². The molecule has 2 aromatic carbocycles. The minimum atomic E-state index is -0.563. The molecule has 0 N–H and O–H groups in total. The number of fused-ring (bicyclic) bond motifs is 1. The SMILES string of the molecule is CCn1cc([N+](=O)[O-])c(C(=O)N2N=C3/C(=C/c4ccc(Br)cc4)CCC[C@@H]3[C@H]2c2ccc(Br)cc2)n1. The zero-order valence-corrected chi connectivity index (χ0v) is 22.6. The number of carbonyl (C=O) groups is 1. The first-order valence-electron chi connectivity index (χ1n) is 11.7. The third-order valence-electron chi connectivity index (χ3n) is 6.60. The number of hydrogen-bond donors (Lipinski definition) is 0. The van der Waals surface area contributed by atoms with E-state index in [1.165, 1.54) is 15.9 Å². The van der Waals surface area contributed by atoms with Crippen molar-refractivity contribution < 1.29 is 9.72 Å². The lowest BCUT2D eigenvalue weighted by Crippen LogP contribution is -2.32. The molecule has 3 aromatic rings. The molecule has 2 aliphatic rings. The lowest BCUT2D eigenvalue weighted by atomic mass is 9.77. The molecule has 0 radical (unpaired) electrons. The van der Waals surface area contributed by atoms with Crippen LogP contribution in [0.4, 0.5) is 5.69 Å². The summed E-state index contributed by atoms with van der Waals surface area (Å²) in [6.07, 6.45) is 6.11. The topological polar surface area (TPSA) is 93.6 Å². The molecule has 2 atom stereocenters. The van der Waals surface area contributed by atoms with Gasteiger partial charge in [0.15, 0.2) is 0 Å². The second-order valence-electron chi connectivity index (χ2n) is 8.83. The summed E-state index contributed by atoms with van der Waals surface area (Å²) in [5.74, 6) is -0.579. The van der Waals surface area contributed by atoms with Gasteiger partial charge in [0.1, 0.15) is 6.20 Å². The van der Waals surface area contributed by atoms with Crippen LogP contribution >= 0.6 is 31.9 Å². The van der Waals surface area contributed by atoms with Gasteiger partial charge in [-0.1, -0.05) is 56.1 Å². The van der Waals surface area contributed by atoms with Gasteiger partial charge in [0, 0.05) is 21.4 Å². The van der Waals surface area contributed by atoms with Gasteiger partial charge in [-0.05, 0) is 73.2 Å². The first-order chi connectivity index (χ1) is 17.4. The van der Waals surface area contributed by atoms with Gasteiger partial charge in [0.2, 0.25) is 5.69 Å². The van der Waals surface area contributed by atoms with Gasteiger partial charge in [-0.2, -0.15) is 10.2 Å². The van der Waals surface area contributed by atoms with Gasteiger partial charge in [-0.3, -0.25) is 19.6 Å². The average molecular weight is 613 g/mol. The molecule has 8 nitrogen and oxygen atoms in total. The van der Waals surface area contributed by atoms with Crippen molar-refractivity contribution in [3.8, 4) is 0 Å². The molecule has 0 unspecified atom stereocenters. The second-order valence-corrected chi connectivity index (χ2v) is 10.7. The van der Waals surface area contributed by atoms with E-state index in [2.05, 4.69) is 43.0 Å². The zero-order valence-electron chi connectivity index (χ0n) is 19.5. The van der Waals surface area contributed by atoms with Crippen molar-refractivity contribution in [1.82, 2.24) is 14.8 Å². The average Bonchev–Trinajstić information content (AvgIpc) is 3.49. The molecule has 0 bridgehead atoms. The molecule has 1 aliphatic carbocycles. The van der Waals surface area contributed by atoms with E-state index in [4.69, 9.17) is 5.10 Å². The number of carbonyl (C=O) groups excluding carboxylic acids is 1. The zero-order chi connectivity index (χ0) is 25.4. The standard InChI is InChI=1S/C26H23Br2N5O3/c1-2-31-15-22(33(35)36)24(29-31)26(34)32-25(17-8-12-20(28)13-9-17)21-5-3-4-18(23(21)30-32)14-16-6-10-19(27)11-7-16/h6-15,21,25H,2-5H2,1H3/b18-14+/t21-,25+/m0/s1. The van der Waals surface area contributed by atoms with E-state index in [0.29, 0.717) is 6.54 Å². The van der Waals surface area contributed by atoms with Crippen LogP contribution < -0.4 is 0 Å². The van der Waals surface area contributed by atoms with Gasteiger partial charge >= 0.3 is 11.6 Å². The minimum absolute atomic E-state index is 0.0158. The molecule has 1 aromatic heterocycles. The van der Waals surface area contributed by atoms with Crippen molar-refractivity contribution in [3.05, 3.63) is 96.2 Å². The number of benzene rings is 2. The van der Waals surface area contributed by atoms with Crippen molar-refractivity contribution in [1.29, 1.82) is 0 Å². The Labute approximate surface area is 225 Å². The fraction of sp³-hybridized carbons (Fsp3) is 0.269. The summed E-state index contributed by atoms with van der Waals surface area (Å²) in [6.45, 7) is 2.24. The van der Waals surface area contributed by atoms with E-state index in [1.54, 1.807) is 0 Å². The molecular weight excluding hydrogens is 590 g/mol. The number of amides is 1. The first-order valence-corrected chi connectivity index (χ1v) is 13.3. The summed E-state index contributed by atoms with van der Waals surface area (Å²) in [7, 11) is 0. The molecule has 184 valence electrons. The number of hydrazone groups is 1. The first kappa shape index (κ1) is 24.6. The van der Waals surface area contributed by atoms with Crippen LogP contribution in [0, 0.1) is 16.0 Å². The normalized spacial score (nSPS) is 20.4. The van der Waals surface area contributed by atoms with Gasteiger partial charge < -0.3 is 0 Å². The summed E-state index contributed by atoms with van der Waals surface area (Å²) in [5.41, 5.74) is 3.43. The largest absolute Gasteiger partial charge is 0.320 e. The summed E-state index contributed by atoms with van der Waals surface area (Å²) < 4.78 is 3.35. The number of rotatable bonds is 5. The predicted molar refractivity (Wildman–Crippen MR) is 145 cm³/mol. The van der Waals surface area contributed by atoms with Crippen LogP contribution in [-0.4, -0.2) is 31.3 Å². The smallest absolute Gasteiger partial charge is 0.265 e. The van der Waals surface area contributed by atoms with Crippen molar-refractivity contribution in [3.63, 3.8) is 0 Å². The van der Waals surface area contributed by atoms with Crippen LogP contribution in [-0.2, 0) is 6.54 Å². The molecule has 1 fully saturated rings. The lowest BCUT2D eigenvalue weighted by Gasteiger charge is -2.29. The van der Waals surface area contributed by atoms with Crippen LogP contribution in [0.3, 0.4) is 0 Å². The molecule has 1 amide bonds. The van der Waals surface area contributed by atoms with Crippen molar-refractivity contribution in [2.24, 2.45) is 11.0 Å². The highest BCUT2D eigenvalue weighted by molar-refractivity contribution is 9.10. The Morgan fingerprint density at radius 2 is 1.81 bits per heavy atom. The number of aromatic nitrogens is 2. The van der Waals surface area contributed by atoms with Crippen LogP contribution in [0.25, 0.3) is 6.08 Å². The molecule has 2 heterocycles. The van der Waals surface area contributed by atoms with Crippen LogP contribution in [0.1, 0.15) is 53.8 Å². The minimum Gasteiger partial charge on any atom is -0.265 e. The maximum Gasteiger partial charge on any atom is 0.320 e. The Hall–Kier alpha value is -3.11. The van der Waals surface area contributed by atoms with Crippen LogP contribution in [0.15, 0.2) is 74.3 Å². The molecule has 10 heteroatoms. The number of halogens is 2. The van der Waals surface area contributed by atoms with E-state index in [0.717, 1.165) is 50.6 Å². The number of aryl methyl sites for hydroxylation is 1. The monoisotopic (exact) mass is 611 g/mol. The van der Waals surface area contributed by atoms with Crippen molar-refractivity contribution in [2.75, 3.05) is 0 Å². The quantitative estimate of drug-likeness (QED) is 0.235. The predicted octanol–water partition coefficient (Wildman–Crippen LogP) is 6.77. The lowest BCUT2D eigenvalue weighted by molar-refractivity contribution is -0.385. The third-order valence-corrected chi connectivity index (χ3v) is 7.66. The Morgan fingerprint density at radius 1 is 1.14 bits per heavy atom. The van der Waals surface area contributed by atoms with Crippen LogP contribution in [0.5, 0.6) is 0 Å². The van der Waals surface area contributed by atoms with E-state index in [9.17, 15) is 14.9 Å². The van der Waals surface area contributed by atoms with E-state index < -0.39 is 10.8 Å². The van der Waals surface area contributed by atoms with Gasteiger partial charge in [0.25, 0.3) is 0 Å². The molecule has 0 saturated heterocycles. The fourth-order valence-electron chi connectivity index (χ4n) is 4.89. The molecular formula is C26H23Br2N5O3. The fourth-order valence-corrected chi connectivity index (χ4v) is 5.42. The summed E-state index contributed by atoms with van der Waals surface area (Å²) in [6, 6.07) is 15.5. The van der Waals surface area contributed by atoms with Gasteiger partial charge in [-0.15, -0.1) is 0 Å². The highest BCUT2D eigenvalue weighted by atomic mass is 79.9. The number of nitrogens with zero attached hydrogens (tertiary/aromatic N) is 5. The molecule has 1 aliphatic heterocycles. The van der Waals surface area contributed by atoms with E-state index in [1.807, 2.05) is 55.5 Å². The number of hydrogen-bond acceptors (Lipinski definition) is 5. The van der Waals surface area contributed by atoms with E-state index >= 15 is 0 Å². The third kappa shape index (κ3) is 4.67. The highest BCUT2D eigenvalue weighted by Gasteiger charge is 2.45. The Kier molecular flexibility index (Phi) is 6.90. The summed E-state index contributed by atoms with van der Waals surface area (Å²) in [5, 5.41) is 22.2. The number of allylic oxidation sites excluding steroid dienone is 1. The second kappa shape index (κ2) is 10.1. The maximum atomic E-state index is 13.8.